The third-order valence-electron chi connectivity index (χ3n) is 7.34. The molecule has 0 unspecified atom stereocenters. The molecule has 6 rings (SSSR count). The number of hydrogen-bond acceptors (Lipinski definition) is 2. The Balaban J connectivity index is 0.000000538. The fourth-order valence-electron chi connectivity index (χ4n) is 5.56. The van der Waals surface area contributed by atoms with Crippen LogP contribution in [0.5, 0.6) is 0 Å². The van der Waals surface area contributed by atoms with Gasteiger partial charge in [-0.05, 0) is 23.7 Å². The third kappa shape index (κ3) is 4.78. The number of quaternary nitrogens is 1. The molecule has 2 aromatic rings. The second kappa shape index (κ2) is 11.5. The van der Waals surface area contributed by atoms with Crippen LogP contribution >= 0.6 is 0 Å². The van der Waals surface area contributed by atoms with Crippen LogP contribution in [0.4, 0.5) is 11.4 Å². The monoisotopic (exact) mass is 517 g/mol. The van der Waals surface area contributed by atoms with Gasteiger partial charge < -0.3 is 0 Å². The summed E-state index contributed by atoms with van der Waals surface area (Å²) in [5, 5.41) is 5.03. The van der Waals surface area contributed by atoms with Crippen molar-refractivity contribution in [3.63, 3.8) is 0 Å². The van der Waals surface area contributed by atoms with Crippen molar-refractivity contribution in [2.24, 2.45) is 0 Å². The van der Waals surface area contributed by atoms with Crippen LogP contribution in [-0.2, 0) is 21.7 Å². The van der Waals surface area contributed by atoms with Crippen LogP contribution in [0.2, 0.25) is 0 Å². The first-order chi connectivity index (χ1) is 16.7. The molecule has 190 valence electrons. The van der Waals surface area contributed by atoms with Crippen LogP contribution in [0.3, 0.4) is 0 Å². The van der Waals surface area contributed by atoms with Crippen LogP contribution in [0.25, 0.3) is 0 Å². The van der Waals surface area contributed by atoms with Crippen molar-refractivity contribution >= 4 is 11.4 Å². The topological polar surface area (TPSA) is 6.48 Å². The molecule has 0 atom stereocenters. The Morgan fingerprint density at radius 2 is 1.06 bits per heavy atom. The molecule has 4 heteroatoms. The Morgan fingerprint density at radius 3 is 1.28 bits per heavy atom. The molecule has 1 aliphatic carbocycles. The molecule has 2 bridgehead atoms. The van der Waals surface area contributed by atoms with Gasteiger partial charge in [0.25, 0.3) is 0 Å². The quantitative estimate of drug-likeness (QED) is 0.214. The van der Waals surface area contributed by atoms with Gasteiger partial charge in [0.2, 0.25) is 0 Å². The van der Waals surface area contributed by atoms with E-state index in [9.17, 15) is 0 Å². The van der Waals surface area contributed by atoms with E-state index < -0.39 is 0 Å². The van der Waals surface area contributed by atoms with Crippen molar-refractivity contribution in [2.45, 2.75) is 85.5 Å². The average Bonchev–Trinajstić information content (AvgIpc) is 3.59. The summed E-state index contributed by atoms with van der Waals surface area (Å²) in [6.07, 6.45) is 14.6. The normalized spacial score (nSPS) is 16.7. The van der Waals surface area contributed by atoms with Gasteiger partial charge in [-0.25, -0.2) is 12.2 Å². The Labute approximate surface area is 234 Å². The van der Waals surface area contributed by atoms with Crippen molar-refractivity contribution in [1.29, 1.82) is 0 Å². The van der Waals surface area contributed by atoms with E-state index >= 15 is 0 Å². The molecule has 0 N–H and O–H groups in total. The molecule has 0 amide bonds. The van der Waals surface area contributed by atoms with Crippen LogP contribution < -0.4 is 4.70 Å². The van der Waals surface area contributed by atoms with Gasteiger partial charge in [0.05, 0.1) is 12.4 Å². The van der Waals surface area contributed by atoms with Gasteiger partial charge >= 0.3 is 0 Å². The molecular formula is C32H43N3Ti. The van der Waals surface area contributed by atoms with Crippen LogP contribution in [0, 0.1) is 6.08 Å². The number of nitrogens with zero attached hydrogens (tertiary/aromatic N) is 3. The van der Waals surface area contributed by atoms with Gasteiger partial charge in [-0.2, -0.15) is 16.1 Å². The van der Waals surface area contributed by atoms with Crippen LogP contribution in [-0.4, -0.2) is 16.7 Å². The summed E-state index contributed by atoms with van der Waals surface area (Å²) in [7, 11) is 0. The zero-order valence-corrected chi connectivity index (χ0v) is 25.0. The second-order valence-corrected chi connectivity index (χ2v) is 11.1. The van der Waals surface area contributed by atoms with Gasteiger partial charge in [0.15, 0.2) is 18.0 Å². The van der Waals surface area contributed by atoms with E-state index in [0.717, 1.165) is 13.1 Å². The number of benzene rings is 2. The van der Waals surface area contributed by atoms with E-state index in [1.54, 1.807) is 0 Å². The molecule has 0 aromatic heterocycles. The first kappa shape index (κ1) is 28.5. The molecule has 3 heterocycles. The Hall–Kier alpha value is -2.07. The van der Waals surface area contributed by atoms with Crippen LogP contribution in [0.15, 0.2) is 67.0 Å². The Kier molecular flexibility index (Phi) is 9.14. The fourth-order valence-corrected chi connectivity index (χ4v) is 5.56. The minimum atomic E-state index is 0. The Bertz CT molecular complexity index is 1000. The minimum absolute atomic E-state index is 0. The summed E-state index contributed by atoms with van der Waals surface area (Å²) in [6, 6.07) is 13.9. The van der Waals surface area contributed by atoms with Crippen molar-refractivity contribution in [3.8, 4) is 0 Å². The maximum Gasteiger partial charge on any atom is 0.195 e. The summed E-state index contributed by atoms with van der Waals surface area (Å²) in [4.78, 5) is 0. The molecule has 0 spiro atoms. The molecular weight excluding hydrogens is 474 g/mol. The number of para-hydroxylation sites is 2. The van der Waals surface area contributed by atoms with Crippen molar-refractivity contribution in [1.82, 2.24) is 14.7 Å². The molecule has 36 heavy (non-hydrogen) atoms. The standard InChI is InChI=1S/C27H38N3.C5H5.Ti/c1-18(2)22-11-9-12-23(19(3)4)26(22)30(28-15-16-29(30)17-28)27-24(20(5)6)13-10-14-25(27)21(7)8;1-2-4-5-3-1;/h9-16,18-21H,17H2,1-8H3;1-3H,4H2;/q+1;-1;. The van der Waals surface area contributed by atoms with Gasteiger partial charge in [0, 0.05) is 44.0 Å². The predicted octanol–water partition coefficient (Wildman–Crippen LogP) is 9.01. The second-order valence-electron chi connectivity index (χ2n) is 11.1. The van der Waals surface area contributed by atoms with Gasteiger partial charge in [-0.1, -0.05) is 96.5 Å². The summed E-state index contributed by atoms with van der Waals surface area (Å²) in [5.41, 5.74) is 8.71. The number of hydrogen-bond donors (Lipinski definition) is 0. The fraction of sp³-hybridized carbons (Fsp3) is 0.438. The van der Waals surface area contributed by atoms with E-state index in [1.165, 1.54) is 33.6 Å². The van der Waals surface area contributed by atoms with Crippen molar-refractivity contribution < 1.29 is 21.7 Å². The molecule has 1 fully saturated rings. The maximum atomic E-state index is 2.99. The van der Waals surface area contributed by atoms with Gasteiger partial charge in [-0.15, -0.1) is 6.42 Å². The summed E-state index contributed by atoms with van der Waals surface area (Å²) >= 11 is 0. The predicted molar refractivity (Wildman–Crippen MR) is 150 cm³/mol. The molecule has 3 nitrogen and oxygen atoms in total. The van der Waals surface area contributed by atoms with E-state index in [0.29, 0.717) is 28.4 Å². The molecule has 3 aliphatic heterocycles. The first-order valence-corrected chi connectivity index (χ1v) is 13.3. The zero-order chi connectivity index (χ0) is 25.3. The van der Waals surface area contributed by atoms with E-state index in [1.807, 2.05) is 12.2 Å². The van der Waals surface area contributed by atoms with Crippen molar-refractivity contribution in [2.75, 3.05) is 6.67 Å². The third-order valence-corrected chi connectivity index (χ3v) is 7.34. The largest absolute Gasteiger partial charge is 0.273 e. The molecule has 0 saturated carbocycles. The molecule has 1 saturated heterocycles. The minimum Gasteiger partial charge on any atom is -0.273 e. The van der Waals surface area contributed by atoms with E-state index in [-0.39, 0.29) is 21.7 Å². The van der Waals surface area contributed by atoms with Crippen molar-refractivity contribution in [3.05, 3.63) is 95.4 Å². The summed E-state index contributed by atoms with van der Waals surface area (Å²) in [6.45, 7) is 19.6. The van der Waals surface area contributed by atoms with Crippen LogP contribution in [0.1, 0.15) is 108 Å². The van der Waals surface area contributed by atoms with Gasteiger partial charge in [0.1, 0.15) is 0 Å². The number of rotatable bonds is 6. The molecule has 0 radical (unpaired) electrons. The number of allylic oxidation sites excluding steroid dienone is 4. The summed E-state index contributed by atoms with van der Waals surface area (Å²) in [5.74, 6) is 1.85. The smallest absolute Gasteiger partial charge is 0.195 e. The SMILES string of the molecule is CC(C)c1cccc(C(C)C)c1[N+]1(c2c(C(C)C)cccc2C(C)C)N2C=CN1C2.[C-]1=CC=CC1.[Ti]. The van der Waals surface area contributed by atoms with E-state index in [4.69, 9.17) is 0 Å². The average molecular weight is 518 g/mol. The molecule has 4 aliphatic rings. The Morgan fingerprint density at radius 1 is 0.667 bits per heavy atom. The maximum absolute atomic E-state index is 2.99. The first-order valence-electron chi connectivity index (χ1n) is 13.3. The molecule has 2 aromatic carbocycles. The van der Waals surface area contributed by atoms with E-state index in [2.05, 4.69) is 126 Å². The summed E-state index contributed by atoms with van der Waals surface area (Å²) < 4.78 is 0.698. The van der Waals surface area contributed by atoms with Gasteiger partial charge in [-0.3, -0.25) is 6.08 Å². The zero-order valence-electron chi connectivity index (χ0n) is 23.4.